The van der Waals surface area contributed by atoms with Gasteiger partial charge in [-0.2, -0.15) is 0 Å². The van der Waals surface area contributed by atoms with E-state index in [0.717, 1.165) is 38.5 Å². The molecule has 0 heterocycles. The topological polar surface area (TPSA) is 69.6 Å². The Morgan fingerprint density at radius 1 is 1.33 bits per heavy atom. The fraction of sp³-hybridized carbons (Fsp3) is 0.588. The van der Waals surface area contributed by atoms with Gasteiger partial charge >= 0.3 is 5.97 Å². The van der Waals surface area contributed by atoms with Gasteiger partial charge in [0, 0.05) is 12.1 Å². The van der Waals surface area contributed by atoms with Crippen LogP contribution in [0.15, 0.2) is 24.3 Å². The monoisotopic (exact) mass is 291 g/mol. The number of phenols is 1. The summed E-state index contributed by atoms with van der Waals surface area (Å²) in [5, 5.41) is 21.9. The summed E-state index contributed by atoms with van der Waals surface area (Å²) >= 11 is 0. The van der Waals surface area contributed by atoms with Crippen LogP contribution in [0.2, 0.25) is 0 Å². The van der Waals surface area contributed by atoms with Crippen LogP contribution in [-0.2, 0) is 11.2 Å². The van der Waals surface area contributed by atoms with Crippen LogP contribution < -0.4 is 5.32 Å². The lowest BCUT2D eigenvalue weighted by atomic mass is 9.85. The lowest BCUT2D eigenvalue weighted by molar-refractivity contribution is -0.143. The Bertz CT molecular complexity index is 458. The molecule has 0 spiro atoms. The highest BCUT2D eigenvalue weighted by Gasteiger charge is 2.27. The van der Waals surface area contributed by atoms with Crippen molar-refractivity contribution in [3.8, 4) is 5.75 Å². The van der Waals surface area contributed by atoms with Crippen molar-refractivity contribution in [2.75, 3.05) is 0 Å². The molecule has 2 rings (SSSR count). The first-order chi connectivity index (χ1) is 10.0. The van der Waals surface area contributed by atoms with E-state index in [9.17, 15) is 9.90 Å². The van der Waals surface area contributed by atoms with Crippen LogP contribution in [0.5, 0.6) is 5.75 Å². The molecule has 1 aliphatic rings. The van der Waals surface area contributed by atoms with Gasteiger partial charge in [0.05, 0.1) is 5.92 Å². The van der Waals surface area contributed by atoms with E-state index in [1.54, 1.807) is 12.1 Å². The first-order valence-corrected chi connectivity index (χ1v) is 7.81. The van der Waals surface area contributed by atoms with Gasteiger partial charge in [0.25, 0.3) is 0 Å². The molecule has 4 nitrogen and oxygen atoms in total. The van der Waals surface area contributed by atoms with Crippen molar-refractivity contribution < 1.29 is 15.0 Å². The van der Waals surface area contributed by atoms with E-state index >= 15 is 0 Å². The Morgan fingerprint density at radius 2 is 2.05 bits per heavy atom. The average molecular weight is 291 g/mol. The molecule has 0 amide bonds. The van der Waals surface area contributed by atoms with Crippen LogP contribution in [0.1, 0.15) is 44.6 Å². The van der Waals surface area contributed by atoms with Crippen molar-refractivity contribution in [3.05, 3.63) is 29.8 Å². The quantitative estimate of drug-likeness (QED) is 0.753. The summed E-state index contributed by atoms with van der Waals surface area (Å²) in [5.74, 6) is -0.536. The van der Waals surface area contributed by atoms with E-state index < -0.39 is 5.97 Å². The Kier molecular flexibility index (Phi) is 5.62. The number of nitrogens with one attached hydrogen (secondary N) is 1. The number of aryl methyl sites for hydroxylation is 1. The molecule has 0 aromatic heterocycles. The molecule has 1 aromatic rings. The Morgan fingerprint density at radius 3 is 2.71 bits per heavy atom. The zero-order valence-corrected chi connectivity index (χ0v) is 12.6. The number of hydrogen-bond donors (Lipinski definition) is 3. The number of benzene rings is 1. The standard InChI is InChI=1S/C17H25NO3/c1-12(5-6-13-7-9-16(19)10-8-13)18-15-4-2-3-14(11-15)17(20)21/h7-10,12,14-15,18-19H,2-6,11H2,1H3,(H,20,21). The summed E-state index contributed by atoms with van der Waals surface area (Å²) in [5.41, 5.74) is 1.22. The molecule has 116 valence electrons. The van der Waals surface area contributed by atoms with E-state index in [-0.39, 0.29) is 5.92 Å². The molecular formula is C17H25NO3. The minimum absolute atomic E-state index is 0.180. The number of carboxylic acid groups (broad SMARTS) is 1. The molecule has 3 atom stereocenters. The lowest BCUT2D eigenvalue weighted by Crippen LogP contribution is -2.41. The second-order valence-electron chi connectivity index (χ2n) is 6.17. The van der Waals surface area contributed by atoms with Crippen molar-refractivity contribution in [3.63, 3.8) is 0 Å². The molecule has 1 aromatic carbocycles. The zero-order chi connectivity index (χ0) is 15.2. The van der Waals surface area contributed by atoms with E-state index in [0.29, 0.717) is 17.8 Å². The fourth-order valence-electron chi connectivity index (χ4n) is 3.10. The maximum absolute atomic E-state index is 11.1. The van der Waals surface area contributed by atoms with E-state index in [1.165, 1.54) is 5.56 Å². The zero-order valence-electron chi connectivity index (χ0n) is 12.6. The van der Waals surface area contributed by atoms with Gasteiger partial charge in [-0.05, 0) is 56.7 Å². The Labute approximate surface area is 126 Å². The largest absolute Gasteiger partial charge is 0.508 e. The molecule has 21 heavy (non-hydrogen) atoms. The molecule has 0 bridgehead atoms. The van der Waals surface area contributed by atoms with Crippen molar-refractivity contribution in [1.29, 1.82) is 0 Å². The van der Waals surface area contributed by atoms with Gasteiger partial charge in [-0.1, -0.05) is 18.6 Å². The number of carbonyl (C=O) groups is 1. The summed E-state index contributed by atoms with van der Waals surface area (Å²) in [6.07, 6.45) is 5.61. The van der Waals surface area contributed by atoms with Gasteiger partial charge in [-0.25, -0.2) is 0 Å². The minimum atomic E-state index is -0.654. The summed E-state index contributed by atoms with van der Waals surface area (Å²) < 4.78 is 0. The van der Waals surface area contributed by atoms with Crippen LogP contribution in [0.3, 0.4) is 0 Å². The van der Waals surface area contributed by atoms with Crippen molar-refractivity contribution >= 4 is 5.97 Å². The van der Waals surface area contributed by atoms with Crippen molar-refractivity contribution in [2.45, 2.75) is 57.5 Å². The van der Waals surface area contributed by atoms with E-state index in [1.807, 2.05) is 12.1 Å². The maximum atomic E-state index is 11.1. The molecular weight excluding hydrogens is 266 g/mol. The molecule has 1 saturated carbocycles. The van der Waals surface area contributed by atoms with Crippen LogP contribution in [-0.4, -0.2) is 28.3 Å². The second kappa shape index (κ2) is 7.46. The van der Waals surface area contributed by atoms with Crippen LogP contribution in [0, 0.1) is 5.92 Å². The average Bonchev–Trinajstić information content (AvgIpc) is 2.47. The van der Waals surface area contributed by atoms with E-state index in [2.05, 4.69) is 12.2 Å². The number of aliphatic carboxylic acids is 1. The molecule has 3 N–H and O–H groups in total. The summed E-state index contributed by atoms with van der Waals surface area (Å²) in [7, 11) is 0. The third kappa shape index (κ3) is 5.05. The molecule has 1 aliphatic carbocycles. The third-order valence-electron chi connectivity index (χ3n) is 4.35. The lowest BCUT2D eigenvalue weighted by Gasteiger charge is -2.30. The smallest absolute Gasteiger partial charge is 0.306 e. The number of phenolic OH excluding ortho intramolecular Hbond substituents is 1. The van der Waals surface area contributed by atoms with Gasteiger partial charge in [-0.15, -0.1) is 0 Å². The molecule has 1 fully saturated rings. The summed E-state index contributed by atoms with van der Waals surface area (Å²) in [4.78, 5) is 11.1. The molecule has 0 radical (unpaired) electrons. The van der Waals surface area contributed by atoms with Crippen LogP contribution in [0.25, 0.3) is 0 Å². The minimum Gasteiger partial charge on any atom is -0.508 e. The second-order valence-corrected chi connectivity index (χ2v) is 6.17. The molecule has 0 aliphatic heterocycles. The first-order valence-electron chi connectivity index (χ1n) is 7.81. The highest BCUT2D eigenvalue weighted by Crippen LogP contribution is 2.25. The predicted molar refractivity (Wildman–Crippen MR) is 82.4 cm³/mol. The summed E-state index contributed by atoms with van der Waals surface area (Å²) in [6, 6.07) is 8.02. The Hall–Kier alpha value is -1.55. The van der Waals surface area contributed by atoms with Gasteiger partial charge < -0.3 is 15.5 Å². The molecule has 0 saturated heterocycles. The third-order valence-corrected chi connectivity index (χ3v) is 4.35. The van der Waals surface area contributed by atoms with Crippen molar-refractivity contribution in [1.82, 2.24) is 5.32 Å². The fourth-order valence-corrected chi connectivity index (χ4v) is 3.10. The molecule has 3 unspecified atom stereocenters. The van der Waals surface area contributed by atoms with Gasteiger partial charge in [0.2, 0.25) is 0 Å². The SMILES string of the molecule is CC(CCc1ccc(O)cc1)NC1CCCC(C(=O)O)C1. The number of rotatable bonds is 6. The van der Waals surface area contributed by atoms with Crippen molar-refractivity contribution in [2.24, 2.45) is 5.92 Å². The highest BCUT2D eigenvalue weighted by molar-refractivity contribution is 5.70. The van der Waals surface area contributed by atoms with Crippen LogP contribution >= 0.6 is 0 Å². The van der Waals surface area contributed by atoms with Gasteiger partial charge in [-0.3, -0.25) is 4.79 Å². The number of hydrogen-bond acceptors (Lipinski definition) is 3. The predicted octanol–water partition coefficient (Wildman–Crippen LogP) is 2.95. The van der Waals surface area contributed by atoms with Crippen LogP contribution in [0.4, 0.5) is 0 Å². The Balaban J connectivity index is 1.75. The molecule has 4 heteroatoms. The maximum Gasteiger partial charge on any atom is 0.306 e. The number of carboxylic acids is 1. The normalized spacial score (nSPS) is 23.7. The van der Waals surface area contributed by atoms with E-state index in [4.69, 9.17) is 5.11 Å². The van der Waals surface area contributed by atoms with Gasteiger partial charge in [0.15, 0.2) is 0 Å². The summed E-state index contributed by atoms with van der Waals surface area (Å²) in [6.45, 7) is 2.16. The van der Waals surface area contributed by atoms with Gasteiger partial charge in [0.1, 0.15) is 5.75 Å². The highest BCUT2D eigenvalue weighted by atomic mass is 16.4. The first kappa shape index (κ1) is 15.8. The number of aromatic hydroxyl groups is 1.